The van der Waals surface area contributed by atoms with Gasteiger partial charge in [-0.05, 0) is 30.5 Å². The number of nitrogens with zero attached hydrogens (tertiary/aromatic N) is 4. The fourth-order valence-electron chi connectivity index (χ4n) is 3.52. The molecule has 1 atom stereocenters. The van der Waals surface area contributed by atoms with Crippen LogP contribution in [0.25, 0.3) is 10.8 Å². The Morgan fingerprint density at radius 2 is 1.87 bits per heavy atom. The third-order valence-electron chi connectivity index (χ3n) is 5.34. The van der Waals surface area contributed by atoms with Gasteiger partial charge >= 0.3 is 0 Å². The fraction of sp³-hybridized carbons (Fsp3) is 0.400. The number of benzene rings is 1. The molecule has 3 heterocycles. The molecule has 0 saturated carbocycles. The molecule has 0 N–H and O–H groups in total. The van der Waals surface area contributed by atoms with Crippen LogP contribution >= 0.6 is 11.3 Å². The SMILES string of the molecule is COc1ccc(OC)c(S(=O)(=O)N2CCN(C(C)c3nnc(-c4cccs4)o3)CC2)c1. The van der Waals surface area contributed by atoms with E-state index in [1.54, 1.807) is 23.5 Å². The zero-order valence-electron chi connectivity index (χ0n) is 17.5. The zero-order valence-corrected chi connectivity index (χ0v) is 19.1. The quantitative estimate of drug-likeness (QED) is 0.526. The van der Waals surface area contributed by atoms with E-state index in [4.69, 9.17) is 13.9 Å². The van der Waals surface area contributed by atoms with Crippen molar-refractivity contribution < 1.29 is 22.3 Å². The van der Waals surface area contributed by atoms with Crippen molar-refractivity contribution in [3.63, 3.8) is 0 Å². The van der Waals surface area contributed by atoms with Gasteiger partial charge in [0.2, 0.25) is 15.9 Å². The third-order valence-corrected chi connectivity index (χ3v) is 8.12. The fourth-order valence-corrected chi connectivity index (χ4v) is 5.75. The van der Waals surface area contributed by atoms with Crippen LogP contribution in [0.2, 0.25) is 0 Å². The van der Waals surface area contributed by atoms with Gasteiger partial charge in [-0.2, -0.15) is 4.31 Å². The lowest BCUT2D eigenvalue weighted by molar-refractivity contribution is 0.129. The van der Waals surface area contributed by atoms with E-state index in [0.29, 0.717) is 49.5 Å². The van der Waals surface area contributed by atoms with E-state index in [1.807, 2.05) is 24.4 Å². The molecule has 0 bridgehead atoms. The van der Waals surface area contributed by atoms with Crippen LogP contribution in [0.5, 0.6) is 11.5 Å². The van der Waals surface area contributed by atoms with Crippen molar-refractivity contribution in [3.05, 3.63) is 41.6 Å². The van der Waals surface area contributed by atoms with Gasteiger partial charge in [0.05, 0.1) is 25.1 Å². The van der Waals surface area contributed by atoms with Gasteiger partial charge in [0, 0.05) is 32.2 Å². The molecule has 4 rings (SSSR count). The maximum absolute atomic E-state index is 13.2. The van der Waals surface area contributed by atoms with Gasteiger partial charge in [-0.25, -0.2) is 8.42 Å². The highest BCUT2D eigenvalue weighted by atomic mass is 32.2. The first-order valence-corrected chi connectivity index (χ1v) is 12.1. The van der Waals surface area contributed by atoms with Gasteiger partial charge in [0.25, 0.3) is 5.89 Å². The molecule has 0 radical (unpaired) electrons. The Labute approximate surface area is 185 Å². The second-order valence-electron chi connectivity index (χ2n) is 7.06. The largest absolute Gasteiger partial charge is 0.497 e. The standard InChI is InChI=1S/C20H24N4O5S2/c1-14(19-21-22-20(29-19)17-5-4-12-30-17)23-8-10-24(11-9-23)31(25,26)18-13-15(27-2)6-7-16(18)28-3/h4-7,12-14H,8-11H2,1-3H3. The summed E-state index contributed by atoms with van der Waals surface area (Å²) in [5.41, 5.74) is 0. The molecule has 0 spiro atoms. The smallest absolute Gasteiger partial charge is 0.257 e. The minimum atomic E-state index is -3.73. The number of hydrogen-bond acceptors (Lipinski definition) is 9. The second-order valence-corrected chi connectivity index (χ2v) is 9.91. The molecule has 0 aliphatic carbocycles. The molecule has 0 amide bonds. The predicted molar refractivity (Wildman–Crippen MR) is 116 cm³/mol. The lowest BCUT2D eigenvalue weighted by Crippen LogP contribution is -2.49. The van der Waals surface area contributed by atoms with E-state index >= 15 is 0 Å². The molecule has 1 aliphatic heterocycles. The predicted octanol–water partition coefficient (Wildman–Crippen LogP) is 2.88. The van der Waals surface area contributed by atoms with Crippen LogP contribution in [0.1, 0.15) is 18.9 Å². The summed E-state index contributed by atoms with van der Waals surface area (Å²) in [6.07, 6.45) is 0. The van der Waals surface area contributed by atoms with Gasteiger partial charge in [0.1, 0.15) is 16.4 Å². The van der Waals surface area contributed by atoms with E-state index in [1.165, 1.54) is 24.6 Å². The number of piperazine rings is 1. The van der Waals surface area contributed by atoms with Crippen molar-refractivity contribution in [1.82, 2.24) is 19.4 Å². The van der Waals surface area contributed by atoms with Crippen molar-refractivity contribution in [2.45, 2.75) is 17.9 Å². The minimum absolute atomic E-state index is 0.105. The van der Waals surface area contributed by atoms with Crippen molar-refractivity contribution in [3.8, 4) is 22.3 Å². The summed E-state index contributed by atoms with van der Waals surface area (Å²) in [7, 11) is -0.772. The van der Waals surface area contributed by atoms with Crippen molar-refractivity contribution in [2.24, 2.45) is 0 Å². The molecular weight excluding hydrogens is 440 g/mol. The number of rotatable bonds is 7. The van der Waals surface area contributed by atoms with Crippen molar-refractivity contribution >= 4 is 21.4 Å². The van der Waals surface area contributed by atoms with E-state index in [-0.39, 0.29) is 10.9 Å². The highest BCUT2D eigenvalue weighted by molar-refractivity contribution is 7.89. The first-order valence-electron chi connectivity index (χ1n) is 9.77. The molecule has 1 aromatic carbocycles. The third kappa shape index (κ3) is 4.31. The number of methoxy groups -OCH3 is 2. The van der Waals surface area contributed by atoms with Crippen LogP contribution in [0, 0.1) is 0 Å². The van der Waals surface area contributed by atoms with Crippen LogP contribution in [0.15, 0.2) is 45.0 Å². The van der Waals surface area contributed by atoms with Gasteiger partial charge in [-0.1, -0.05) is 6.07 Å². The average Bonchev–Trinajstić information content (AvgIpc) is 3.50. The van der Waals surface area contributed by atoms with Gasteiger partial charge < -0.3 is 13.9 Å². The summed E-state index contributed by atoms with van der Waals surface area (Å²) < 4.78 is 44.3. The van der Waals surface area contributed by atoms with Crippen molar-refractivity contribution in [2.75, 3.05) is 40.4 Å². The van der Waals surface area contributed by atoms with Crippen LogP contribution in [0.4, 0.5) is 0 Å². The highest BCUT2D eigenvalue weighted by Gasteiger charge is 2.33. The summed E-state index contributed by atoms with van der Waals surface area (Å²) in [5, 5.41) is 10.3. The van der Waals surface area contributed by atoms with Gasteiger partial charge in [-0.3, -0.25) is 4.90 Å². The monoisotopic (exact) mass is 464 g/mol. The number of sulfonamides is 1. The minimum Gasteiger partial charge on any atom is -0.497 e. The van der Waals surface area contributed by atoms with Crippen LogP contribution in [-0.2, 0) is 10.0 Å². The highest BCUT2D eigenvalue weighted by Crippen LogP contribution is 2.32. The molecule has 1 saturated heterocycles. The summed E-state index contributed by atoms with van der Waals surface area (Å²) >= 11 is 1.54. The normalized spacial score (nSPS) is 16.9. The topological polar surface area (TPSA) is 98.0 Å². The summed E-state index contributed by atoms with van der Waals surface area (Å²) in [6.45, 7) is 3.77. The molecule has 2 aromatic heterocycles. The van der Waals surface area contributed by atoms with E-state index < -0.39 is 10.0 Å². The molecule has 9 nitrogen and oxygen atoms in total. The maximum Gasteiger partial charge on any atom is 0.257 e. The lowest BCUT2D eigenvalue weighted by Gasteiger charge is -2.36. The summed E-state index contributed by atoms with van der Waals surface area (Å²) in [4.78, 5) is 3.17. The van der Waals surface area contributed by atoms with E-state index in [0.717, 1.165) is 4.88 Å². The Bertz CT molecular complexity index is 1120. The average molecular weight is 465 g/mol. The number of thiophene rings is 1. The first kappa shape index (κ1) is 21.8. The van der Waals surface area contributed by atoms with Gasteiger partial charge in [-0.15, -0.1) is 21.5 Å². The van der Waals surface area contributed by atoms with E-state index in [9.17, 15) is 8.42 Å². The number of aromatic nitrogens is 2. The Morgan fingerprint density at radius 3 is 2.52 bits per heavy atom. The number of hydrogen-bond donors (Lipinski definition) is 0. The maximum atomic E-state index is 13.2. The van der Waals surface area contributed by atoms with Gasteiger partial charge in [0.15, 0.2) is 0 Å². The molecule has 31 heavy (non-hydrogen) atoms. The Morgan fingerprint density at radius 1 is 1.10 bits per heavy atom. The van der Waals surface area contributed by atoms with Crippen LogP contribution < -0.4 is 9.47 Å². The molecular formula is C20H24N4O5S2. The van der Waals surface area contributed by atoms with Crippen LogP contribution in [-0.4, -0.2) is 68.2 Å². The Hall–Kier alpha value is -2.47. The molecule has 166 valence electrons. The molecule has 1 fully saturated rings. The van der Waals surface area contributed by atoms with Crippen molar-refractivity contribution in [1.29, 1.82) is 0 Å². The Balaban J connectivity index is 1.46. The molecule has 11 heteroatoms. The first-order chi connectivity index (χ1) is 14.9. The second kappa shape index (κ2) is 8.95. The molecule has 3 aromatic rings. The Kier molecular flexibility index (Phi) is 6.28. The lowest BCUT2D eigenvalue weighted by atomic mass is 10.2. The molecule has 1 aliphatic rings. The van der Waals surface area contributed by atoms with E-state index in [2.05, 4.69) is 15.1 Å². The summed E-state index contributed by atoms with van der Waals surface area (Å²) in [6, 6.07) is 8.52. The molecule has 1 unspecified atom stereocenters. The number of ether oxygens (including phenoxy) is 2. The zero-order chi connectivity index (χ0) is 22.0. The van der Waals surface area contributed by atoms with Crippen LogP contribution in [0.3, 0.4) is 0 Å². The summed E-state index contributed by atoms with van der Waals surface area (Å²) in [5.74, 6) is 1.78.